The van der Waals surface area contributed by atoms with Crippen molar-refractivity contribution in [3.05, 3.63) is 35.4 Å². The zero-order valence-corrected chi connectivity index (χ0v) is 14.4. The molecule has 0 unspecified atom stereocenters. The van der Waals surface area contributed by atoms with Gasteiger partial charge in [-0.25, -0.2) is 8.42 Å². The number of unbranched alkanes of at least 4 members (excludes halogenated alkanes) is 1. The molecule has 0 heterocycles. The Kier molecular flexibility index (Phi) is 7.55. The fourth-order valence-corrected chi connectivity index (χ4v) is 2.93. The normalized spacial score (nSPS) is 11.6. The maximum atomic E-state index is 11.9. The van der Waals surface area contributed by atoms with Gasteiger partial charge in [-0.15, -0.1) is 0 Å². The Labute approximate surface area is 133 Å². The molecule has 5 nitrogen and oxygen atoms in total. The van der Waals surface area contributed by atoms with Crippen LogP contribution in [0.4, 0.5) is 0 Å². The van der Waals surface area contributed by atoms with Crippen LogP contribution < -0.4 is 5.32 Å². The monoisotopic (exact) mass is 326 g/mol. The minimum absolute atomic E-state index is 0.0224. The predicted octanol–water partition coefficient (Wildman–Crippen LogP) is 2.06. The van der Waals surface area contributed by atoms with Crippen molar-refractivity contribution < 1.29 is 13.2 Å². The topological polar surface area (TPSA) is 66.5 Å². The first-order valence-electron chi connectivity index (χ1n) is 7.60. The van der Waals surface area contributed by atoms with Gasteiger partial charge in [-0.3, -0.25) is 4.79 Å². The van der Waals surface area contributed by atoms with Gasteiger partial charge in [0, 0.05) is 26.1 Å². The molecule has 0 aromatic heterocycles. The molecular weight excluding hydrogens is 300 g/mol. The van der Waals surface area contributed by atoms with Gasteiger partial charge >= 0.3 is 0 Å². The number of nitrogens with one attached hydrogen (secondary N) is 1. The van der Waals surface area contributed by atoms with E-state index in [1.165, 1.54) is 10.6 Å². The Morgan fingerprint density at radius 1 is 1.32 bits per heavy atom. The van der Waals surface area contributed by atoms with E-state index in [1.54, 1.807) is 0 Å². The molecule has 0 saturated carbocycles. The smallest absolute Gasteiger partial charge is 0.220 e. The van der Waals surface area contributed by atoms with Crippen LogP contribution in [0.3, 0.4) is 0 Å². The standard InChI is InChI=1S/C16H26N2O3S/c1-4-5-9-16(19)17-10-11-18(22(3,20)21)13-15-8-6-7-14(2)12-15/h6-8,12H,4-5,9-11,13H2,1-3H3,(H,17,19). The van der Waals surface area contributed by atoms with E-state index in [0.717, 1.165) is 24.0 Å². The third kappa shape index (κ3) is 7.04. The van der Waals surface area contributed by atoms with Crippen LogP contribution in [0.25, 0.3) is 0 Å². The number of hydrogen-bond donors (Lipinski definition) is 1. The van der Waals surface area contributed by atoms with Gasteiger partial charge in [0.2, 0.25) is 15.9 Å². The molecule has 1 rings (SSSR count). The highest BCUT2D eigenvalue weighted by Gasteiger charge is 2.17. The molecule has 124 valence electrons. The summed E-state index contributed by atoms with van der Waals surface area (Å²) >= 11 is 0. The van der Waals surface area contributed by atoms with Gasteiger partial charge in [0.15, 0.2) is 0 Å². The first kappa shape index (κ1) is 18.6. The molecule has 0 aliphatic carbocycles. The Bertz CT molecular complexity index is 585. The van der Waals surface area contributed by atoms with Gasteiger partial charge in [-0.05, 0) is 18.9 Å². The largest absolute Gasteiger partial charge is 0.355 e. The van der Waals surface area contributed by atoms with Gasteiger partial charge in [-0.1, -0.05) is 43.2 Å². The molecule has 0 aliphatic rings. The quantitative estimate of drug-likeness (QED) is 0.755. The maximum absolute atomic E-state index is 11.9. The van der Waals surface area contributed by atoms with Crippen LogP contribution in [-0.4, -0.2) is 38.0 Å². The van der Waals surface area contributed by atoms with Crippen LogP contribution in [0.2, 0.25) is 0 Å². The number of nitrogens with zero attached hydrogens (tertiary/aromatic N) is 1. The summed E-state index contributed by atoms with van der Waals surface area (Å²) in [4.78, 5) is 11.6. The van der Waals surface area contributed by atoms with Crippen molar-refractivity contribution in [3.8, 4) is 0 Å². The second-order valence-corrected chi connectivity index (χ2v) is 7.52. The zero-order chi connectivity index (χ0) is 16.6. The highest BCUT2D eigenvalue weighted by atomic mass is 32.2. The van der Waals surface area contributed by atoms with Gasteiger partial charge in [0.25, 0.3) is 0 Å². The molecule has 0 radical (unpaired) electrons. The van der Waals surface area contributed by atoms with Gasteiger partial charge in [0.05, 0.1) is 6.26 Å². The van der Waals surface area contributed by atoms with Crippen LogP contribution in [0.15, 0.2) is 24.3 Å². The first-order valence-corrected chi connectivity index (χ1v) is 9.45. The number of aryl methyl sites for hydroxylation is 1. The minimum Gasteiger partial charge on any atom is -0.355 e. The van der Waals surface area contributed by atoms with E-state index in [2.05, 4.69) is 5.32 Å². The SMILES string of the molecule is CCCCC(=O)NCCN(Cc1cccc(C)c1)S(C)(=O)=O. The summed E-state index contributed by atoms with van der Waals surface area (Å²) in [6.07, 6.45) is 3.51. The number of amides is 1. The third-order valence-corrected chi connectivity index (χ3v) is 4.60. The number of carbonyl (C=O) groups is 1. The maximum Gasteiger partial charge on any atom is 0.220 e. The molecule has 22 heavy (non-hydrogen) atoms. The third-order valence-electron chi connectivity index (χ3n) is 3.35. The van der Waals surface area contributed by atoms with Crippen molar-refractivity contribution in [2.45, 2.75) is 39.7 Å². The summed E-state index contributed by atoms with van der Waals surface area (Å²) in [5.74, 6) is -0.0224. The van der Waals surface area contributed by atoms with Crippen molar-refractivity contribution in [1.29, 1.82) is 0 Å². The minimum atomic E-state index is -3.31. The summed E-state index contributed by atoms with van der Waals surface area (Å²) in [6.45, 7) is 4.94. The molecule has 1 aromatic rings. The second kappa shape index (κ2) is 8.90. The van der Waals surface area contributed by atoms with E-state index in [1.807, 2.05) is 38.1 Å². The average molecular weight is 326 g/mol. The number of rotatable bonds is 9. The summed E-state index contributed by atoms with van der Waals surface area (Å²) in [6, 6.07) is 7.77. The fourth-order valence-electron chi connectivity index (χ4n) is 2.12. The van der Waals surface area contributed by atoms with Crippen LogP contribution in [0.5, 0.6) is 0 Å². The van der Waals surface area contributed by atoms with E-state index in [9.17, 15) is 13.2 Å². The lowest BCUT2D eigenvalue weighted by atomic mass is 10.1. The van der Waals surface area contributed by atoms with E-state index in [-0.39, 0.29) is 12.5 Å². The Morgan fingerprint density at radius 3 is 2.64 bits per heavy atom. The second-order valence-electron chi connectivity index (χ2n) is 5.54. The number of sulfonamides is 1. The van der Waals surface area contributed by atoms with E-state index in [0.29, 0.717) is 19.5 Å². The number of benzene rings is 1. The van der Waals surface area contributed by atoms with Crippen LogP contribution in [0.1, 0.15) is 37.3 Å². The lowest BCUT2D eigenvalue weighted by molar-refractivity contribution is -0.121. The fraction of sp³-hybridized carbons (Fsp3) is 0.562. The first-order chi connectivity index (χ1) is 10.3. The van der Waals surface area contributed by atoms with Crippen molar-refractivity contribution >= 4 is 15.9 Å². The van der Waals surface area contributed by atoms with E-state index < -0.39 is 10.0 Å². The lowest BCUT2D eigenvalue weighted by Gasteiger charge is -2.20. The Morgan fingerprint density at radius 2 is 2.05 bits per heavy atom. The average Bonchev–Trinajstić information content (AvgIpc) is 2.43. The summed E-state index contributed by atoms with van der Waals surface area (Å²) in [5, 5.41) is 2.77. The molecule has 0 atom stereocenters. The summed E-state index contributed by atoms with van der Waals surface area (Å²) < 4.78 is 25.2. The molecule has 1 amide bonds. The van der Waals surface area contributed by atoms with Crippen molar-refractivity contribution in [2.75, 3.05) is 19.3 Å². The van der Waals surface area contributed by atoms with E-state index in [4.69, 9.17) is 0 Å². The molecule has 1 N–H and O–H groups in total. The highest BCUT2D eigenvalue weighted by molar-refractivity contribution is 7.88. The molecular formula is C16H26N2O3S. The Balaban J connectivity index is 2.57. The molecule has 6 heteroatoms. The van der Waals surface area contributed by atoms with Crippen molar-refractivity contribution in [3.63, 3.8) is 0 Å². The highest BCUT2D eigenvalue weighted by Crippen LogP contribution is 2.10. The molecule has 0 bridgehead atoms. The van der Waals surface area contributed by atoms with Crippen LogP contribution in [0, 0.1) is 6.92 Å². The molecule has 1 aromatic carbocycles. The van der Waals surface area contributed by atoms with Gasteiger partial charge in [-0.2, -0.15) is 4.31 Å². The zero-order valence-electron chi connectivity index (χ0n) is 13.6. The summed E-state index contributed by atoms with van der Waals surface area (Å²) in [5.41, 5.74) is 2.04. The molecule has 0 spiro atoms. The molecule has 0 saturated heterocycles. The molecule has 0 fully saturated rings. The molecule has 0 aliphatic heterocycles. The van der Waals surface area contributed by atoms with Crippen LogP contribution in [-0.2, 0) is 21.4 Å². The number of carbonyl (C=O) groups excluding carboxylic acids is 1. The predicted molar refractivity (Wildman–Crippen MR) is 89.0 cm³/mol. The van der Waals surface area contributed by atoms with E-state index >= 15 is 0 Å². The summed E-state index contributed by atoms with van der Waals surface area (Å²) in [7, 11) is -3.31. The lowest BCUT2D eigenvalue weighted by Crippen LogP contribution is -2.37. The Hall–Kier alpha value is -1.40. The van der Waals surface area contributed by atoms with Crippen molar-refractivity contribution in [2.24, 2.45) is 0 Å². The van der Waals surface area contributed by atoms with Crippen molar-refractivity contribution in [1.82, 2.24) is 9.62 Å². The van der Waals surface area contributed by atoms with Gasteiger partial charge < -0.3 is 5.32 Å². The number of hydrogen-bond acceptors (Lipinski definition) is 3. The van der Waals surface area contributed by atoms with Gasteiger partial charge in [0.1, 0.15) is 0 Å². The van der Waals surface area contributed by atoms with Crippen LogP contribution >= 0.6 is 0 Å².